The third kappa shape index (κ3) is 2.94. The van der Waals surface area contributed by atoms with Crippen LogP contribution in [0, 0.1) is 0 Å². The maximum atomic E-state index is 10.6. The molecule has 2 aromatic heterocycles. The van der Waals surface area contributed by atoms with E-state index in [9.17, 15) is 5.11 Å². The molecule has 1 fully saturated rings. The summed E-state index contributed by atoms with van der Waals surface area (Å²) in [6.07, 6.45) is 7.31. The van der Waals surface area contributed by atoms with Gasteiger partial charge in [-0.05, 0) is 38.8 Å². The van der Waals surface area contributed by atoms with Gasteiger partial charge in [0.25, 0.3) is 0 Å². The molecule has 1 N–H and O–H groups in total. The van der Waals surface area contributed by atoms with Crippen molar-refractivity contribution in [1.82, 2.24) is 14.5 Å². The van der Waals surface area contributed by atoms with E-state index in [1.807, 2.05) is 36.7 Å². The van der Waals surface area contributed by atoms with Crippen LogP contribution in [0.1, 0.15) is 26.7 Å². The summed E-state index contributed by atoms with van der Waals surface area (Å²) >= 11 is 12.7. The van der Waals surface area contributed by atoms with Crippen molar-refractivity contribution < 1.29 is 5.11 Å². The fraction of sp³-hybridized carbons (Fsp3) is 0.368. The molecule has 0 radical (unpaired) electrons. The van der Waals surface area contributed by atoms with Crippen molar-refractivity contribution in [2.45, 2.75) is 38.3 Å². The van der Waals surface area contributed by atoms with Crippen molar-refractivity contribution in [2.24, 2.45) is 0 Å². The highest BCUT2D eigenvalue weighted by Gasteiger charge is 2.37. The smallest absolute Gasteiger partial charge is 0.131 e. The van der Waals surface area contributed by atoms with Crippen molar-refractivity contribution in [1.29, 1.82) is 0 Å². The predicted octanol–water partition coefficient (Wildman–Crippen LogP) is 4.47. The van der Waals surface area contributed by atoms with Crippen LogP contribution in [-0.4, -0.2) is 37.8 Å². The molecule has 3 aromatic rings. The SMILES string of the molecule is CC(C)(O)[C@@H]1CCCN1c1cc(-n2ccnc2)c2ccc(Cl)c(Cl)c2n1. The highest BCUT2D eigenvalue weighted by atomic mass is 35.5. The number of halogens is 2. The van der Waals surface area contributed by atoms with Crippen LogP contribution in [-0.2, 0) is 0 Å². The molecular weight excluding hydrogens is 371 g/mol. The molecule has 0 bridgehead atoms. The molecule has 0 amide bonds. The number of anilines is 1. The molecule has 1 atom stereocenters. The summed E-state index contributed by atoms with van der Waals surface area (Å²) in [7, 11) is 0. The van der Waals surface area contributed by atoms with Crippen LogP contribution in [0.25, 0.3) is 16.6 Å². The van der Waals surface area contributed by atoms with Crippen LogP contribution < -0.4 is 4.90 Å². The number of nitrogens with zero attached hydrogens (tertiary/aromatic N) is 4. The second kappa shape index (κ2) is 6.41. The number of aromatic nitrogens is 3. The zero-order valence-electron chi connectivity index (χ0n) is 14.7. The fourth-order valence-electron chi connectivity index (χ4n) is 3.74. The lowest BCUT2D eigenvalue weighted by molar-refractivity contribution is 0.0533. The number of rotatable bonds is 3. The second-order valence-electron chi connectivity index (χ2n) is 7.23. The first-order chi connectivity index (χ1) is 12.4. The predicted molar refractivity (Wildman–Crippen MR) is 106 cm³/mol. The number of imidazole rings is 1. The number of pyridine rings is 1. The van der Waals surface area contributed by atoms with E-state index in [2.05, 4.69) is 9.88 Å². The van der Waals surface area contributed by atoms with Gasteiger partial charge in [0.15, 0.2) is 0 Å². The van der Waals surface area contributed by atoms with E-state index in [-0.39, 0.29) is 6.04 Å². The first-order valence-corrected chi connectivity index (χ1v) is 9.38. The van der Waals surface area contributed by atoms with E-state index in [4.69, 9.17) is 28.2 Å². The summed E-state index contributed by atoms with van der Waals surface area (Å²) in [6, 6.07) is 5.73. The zero-order chi connectivity index (χ0) is 18.5. The van der Waals surface area contributed by atoms with Gasteiger partial charge in [0.05, 0.1) is 39.2 Å². The summed E-state index contributed by atoms with van der Waals surface area (Å²) in [4.78, 5) is 11.1. The standard InChI is InChI=1S/C19H20Cl2N4O/c1-19(2,26)15-4-3-8-25(15)16-10-14(24-9-7-22-11-24)12-5-6-13(20)17(21)18(12)23-16/h5-7,9-11,15,26H,3-4,8H2,1-2H3/t15-/m0/s1. The van der Waals surface area contributed by atoms with E-state index in [1.165, 1.54) is 0 Å². The maximum Gasteiger partial charge on any atom is 0.131 e. The Morgan fingerprint density at radius 3 is 2.77 bits per heavy atom. The van der Waals surface area contributed by atoms with Crippen LogP contribution in [0.3, 0.4) is 0 Å². The summed E-state index contributed by atoms with van der Waals surface area (Å²) in [5.41, 5.74) is 0.768. The minimum absolute atomic E-state index is 0.000969. The molecule has 7 heteroatoms. The first kappa shape index (κ1) is 17.6. The van der Waals surface area contributed by atoms with Crippen molar-refractivity contribution in [3.63, 3.8) is 0 Å². The molecule has 0 saturated carbocycles. The number of hydrogen-bond acceptors (Lipinski definition) is 4. The van der Waals surface area contributed by atoms with Crippen LogP contribution in [0.15, 0.2) is 36.9 Å². The van der Waals surface area contributed by atoms with Gasteiger partial charge in [-0.3, -0.25) is 0 Å². The zero-order valence-corrected chi connectivity index (χ0v) is 16.2. The Kier molecular flexibility index (Phi) is 4.34. The Labute approximate surface area is 162 Å². The Balaban J connectivity index is 1.95. The first-order valence-electron chi connectivity index (χ1n) is 8.62. The summed E-state index contributed by atoms with van der Waals surface area (Å²) < 4.78 is 1.94. The third-order valence-electron chi connectivity index (χ3n) is 4.98. The molecule has 1 saturated heterocycles. The number of aliphatic hydroxyl groups is 1. The van der Waals surface area contributed by atoms with Gasteiger partial charge in [-0.2, -0.15) is 0 Å². The monoisotopic (exact) mass is 390 g/mol. The Morgan fingerprint density at radius 2 is 2.08 bits per heavy atom. The lowest BCUT2D eigenvalue weighted by Crippen LogP contribution is -2.46. The largest absolute Gasteiger partial charge is 0.388 e. The number of fused-ring (bicyclic) bond motifs is 1. The normalized spacial score (nSPS) is 18.0. The van der Waals surface area contributed by atoms with Crippen LogP contribution in [0.5, 0.6) is 0 Å². The van der Waals surface area contributed by atoms with Gasteiger partial charge in [0, 0.05) is 30.4 Å². The van der Waals surface area contributed by atoms with Gasteiger partial charge in [0.1, 0.15) is 5.82 Å². The van der Waals surface area contributed by atoms with Gasteiger partial charge in [0.2, 0.25) is 0 Å². The fourth-order valence-corrected chi connectivity index (χ4v) is 4.10. The molecular formula is C19H20Cl2N4O. The molecule has 26 heavy (non-hydrogen) atoms. The highest BCUT2D eigenvalue weighted by molar-refractivity contribution is 6.45. The van der Waals surface area contributed by atoms with Crippen molar-refractivity contribution >= 4 is 39.9 Å². The molecule has 3 heterocycles. The second-order valence-corrected chi connectivity index (χ2v) is 8.02. The van der Waals surface area contributed by atoms with Gasteiger partial charge in [-0.1, -0.05) is 23.2 Å². The lowest BCUT2D eigenvalue weighted by atomic mass is 9.96. The van der Waals surface area contributed by atoms with Crippen molar-refractivity contribution in [2.75, 3.05) is 11.4 Å². The Morgan fingerprint density at radius 1 is 1.27 bits per heavy atom. The molecule has 1 aliphatic heterocycles. The molecule has 0 aliphatic carbocycles. The van der Waals surface area contributed by atoms with Gasteiger partial charge < -0.3 is 14.6 Å². The van der Waals surface area contributed by atoms with Crippen molar-refractivity contribution in [3.05, 3.63) is 47.0 Å². The third-order valence-corrected chi connectivity index (χ3v) is 5.78. The number of hydrogen-bond donors (Lipinski definition) is 1. The summed E-state index contributed by atoms with van der Waals surface area (Å²) in [5.74, 6) is 0.787. The van der Waals surface area contributed by atoms with Gasteiger partial charge >= 0.3 is 0 Å². The molecule has 1 aliphatic rings. The minimum Gasteiger partial charge on any atom is -0.388 e. The van der Waals surface area contributed by atoms with Crippen LogP contribution >= 0.6 is 23.2 Å². The average molecular weight is 391 g/mol. The van der Waals surface area contributed by atoms with E-state index >= 15 is 0 Å². The quantitative estimate of drug-likeness (QED) is 0.716. The Hall–Kier alpha value is -1.82. The maximum absolute atomic E-state index is 10.6. The summed E-state index contributed by atoms with van der Waals surface area (Å²) in [5, 5.41) is 12.4. The topological polar surface area (TPSA) is 54.2 Å². The molecule has 0 spiro atoms. The minimum atomic E-state index is -0.819. The summed E-state index contributed by atoms with van der Waals surface area (Å²) in [6.45, 7) is 4.53. The Bertz CT molecular complexity index is 950. The van der Waals surface area contributed by atoms with Gasteiger partial charge in [-0.25, -0.2) is 9.97 Å². The van der Waals surface area contributed by atoms with E-state index in [0.717, 1.165) is 36.3 Å². The molecule has 0 unspecified atom stereocenters. The molecule has 136 valence electrons. The van der Waals surface area contributed by atoms with Crippen LogP contribution in [0.2, 0.25) is 10.0 Å². The number of benzene rings is 1. The van der Waals surface area contributed by atoms with E-state index in [0.29, 0.717) is 15.6 Å². The van der Waals surface area contributed by atoms with E-state index < -0.39 is 5.60 Å². The molecule has 5 nitrogen and oxygen atoms in total. The van der Waals surface area contributed by atoms with Crippen molar-refractivity contribution in [3.8, 4) is 5.69 Å². The van der Waals surface area contributed by atoms with E-state index in [1.54, 1.807) is 18.6 Å². The molecule has 4 rings (SSSR count). The van der Waals surface area contributed by atoms with Crippen LogP contribution in [0.4, 0.5) is 5.82 Å². The average Bonchev–Trinajstić information content (AvgIpc) is 3.28. The molecule has 1 aromatic carbocycles. The highest BCUT2D eigenvalue weighted by Crippen LogP contribution is 2.37. The lowest BCUT2D eigenvalue weighted by Gasteiger charge is -2.35. The van der Waals surface area contributed by atoms with Gasteiger partial charge in [-0.15, -0.1) is 0 Å².